The molecule has 0 aromatic heterocycles. The fourth-order valence-electron chi connectivity index (χ4n) is 1.32. The van der Waals surface area contributed by atoms with Crippen LogP contribution in [0.3, 0.4) is 0 Å². The summed E-state index contributed by atoms with van der Waals surface area (Å²) in [6.07, 6.45) is 0. The second kappa shape index (κ2) is 4.16. The van der Waals surface area contributed by atoms with Crippen molar-refractivity contribution in [2.24, 2.45) is 4.99 Å². The van der Waals surface area contributed by atoms with Crippen molar-refractivity contribution in [2.45, 2.75) is 13.0 Å². The van der Waals surface area contributed by atoms with Gasteiger partial charge in [0.2, 0.25) is 0 Å². The number of hydrogen-bond donors (Lipinski definition) is 2. The number of guanidine groups is 1. The van der Waals surface area contributed by atoms with Crippen LogP contribution < -0.4 is 10.6 Å². The van der Waals surface area contributed by atoms with E-state index < -0.39 is 0 Å². The zero-order valence-corrected chi connectivity index (χ0v) is 10.1. The predicted octanol–water partition coefficient (Wildman–Crippen LogP) is 2.05. The van der Waals surface area contributed by atoms with Crippen LogP contribution in [-0.2, 0) is 0 Å². The van der Waals surface area contributed by atoms with Gasteiger partial charge in [0, 0.05) is 9.61 Å². The van der Waals surface area contributed by atoms with Gasteiger partial charge in [-0.2, -0.15) is 0 Å². The number of anilines is 1. The molecule has 1 aromatic rings. The fourth-order valence-corrected chi connectivity index (χ4v) is 1.84. The zero-order valence-electron chi connectivity index (χ0n) is 7.92. The van der Waals surface area contributed by atoms with E-state index in [0.717, 1.165) is 18.2 Å². The molecule has 0 amide bonds. The first-order valence-corrected chi connectivity index (χ1v) is 5.66. The van der Waals surface area contributed by atoms with Crippen LogP contribution in [0.15, 0.2) is 29.3 Å². The molecule has 4 heteroatoms. The molecule has 74 valence electrons. The highest BCUT2D eigenvalue weighted by molar-refractivity contribution is 14.1. The smallest absolute Gasteiger partial charge is 0.196 e. The van der Waals surface area contributed by atoms with Crippen LogP contribution in [0.2, 0.25) is 0 Å². The first kappa shape index (κ1) is 9.76. The van der Waals surface area contributed by atoms with E-state index in [2.05, 4.69) is 57.3 Å². The van der Waals surface area contributed by atoms with Crippen molar-refractivity contribution in [2.75, 3.05) is 11.9 Å². The third-order valence-electron chi connectivity index (χ3n) is 2.03. The van der Waals surface area contributed by atoms with E-state index >= 15 is 0 Å². The number of para-hydroxylation sites is 1. The van der Waals surface area contributed by atoms with Crippen LogP contribution in [0.4, 0.5) is 5.69 Å². The number of rotatable bonds is 1. The summed E-state index contributed by atoms with van der Waals surface area (Å²) in [5.74, 6) is 0.876. The van der Waals surface area contributed by atoms with Crippen LogP contribution in [0, 0.1) is 3.57 Å². The van der Waals surface area contributed by atoms with Crippen LogP contribution in [-0.4, -0.2) is 18.5 Å². The topological polar surface area (TPSA) is 36.4 Å². The molecule has 14 heavy (non-hydrogen) atoms. The van der Waals surface area contributed by atoms with Crippen molar-refractivity contribution in [1.82, 2.24) is 5.32 Å². The lowest BCUT2D eigenvalue weighted by Gasteiger charge is -2.09. The van der Waals surface area contributed by atoms with Crippen LogP contribution >= 0.6 is 22.6 Å². The van der Waals surface area contributed by atoms with E-state index in [9.17, 15) is 0 Å². The monoisotopic (exact) mass is 301 g/mol. The number of nitrogens with zero attached hydrogens (tertiary/aromatic N) is 1. The van der Waals surface area contributed by atoms with Crippen LogP contribution in [0.25, 0.3) is 0 Å². The van der Waals surface area contributed by atoms with E-state index in [0.29, 0.717) is 6.04 Å². The lowest BCUT2D eigenvalue weighted by atomic mass is 10.3. The summed E-state index contributed by atoms with van der Waals surface area (Å²) in [7, 11) is 0. The van der Waals surface area contributed by atoms with E-state index in [-0.39, 0.29) is 0 Å². The highest BCUT2D eigenvalue weighted by Crippen LogP contribution is 2.17. The first-order chi connectivity index (χ1) is 6.75. The molecule has 1 atom stereocenters. The van der Waals surface area contributed by atoms with Gasteiger partial charge in [-0.3, -0.25) is 4.99 Å². The molecule has 0 radical (unpaired) electrons. The quantitative estimate of drug-likeness (QED) is 0.779. The molecule has 1 aromatic carbocycles. The minimum Gasteiger partial charge on any atom is -0.352 e. The third kappa shape index (κ3) is 2.17. The van der Waals surface area contributed by atoms with Gasteiger partial charge in [-0.25, -0.2) is 0 Å². The number of nitrogens with one attached hydrogen (secondary N) is 2. The molecule has 0 fully saturated rings. The Morgan fingerprint density at radius 3 is 2.93 bits per heavy atom. The lowest BCUT2D eigenvalue weighted by molar-refractivity contribution is 0.725. The largest absolute Gasteiger partial charge is 0.352 e. The van der Waals surface area contributed by atoms with Crippen molar-refractivity contribution in [3.05, 3.63) is 27.8 Å². The molecule has 2 rings (SSSR count). The van der Waals surface area contributed by atoms with Gasteiger partial charge in [0.25, 0.3) is 0 Å². The third-order valence-corrected chi connectivity index (χ3v) is 2.97. The molecule has 2 N–H and O–H groups in total. The molecule has 0 bridgehead atoms. The van der Waals surface area contributed by atoms with Gasteiger partial charge in [-0.15, -0.1) is 0 Å². The fraction of sp³-hybridized carbons (Fsp3) is 0.300. The standard InChI is InChI=1S/C10H12IN3/c1-7-6-12-10(13-7)14-9-5-3-2-4-8(9)11/h2-5,7H,6H2,1H3,(H2,12,13,14). The Morgan fingerprint density at radius 2 is 2.29 bits per heavy atom. The van der Waals surface area contributed by atoms with Crippen LogP contribution in [0.1, 0.15) is 6.92 Å². The average molecular weight is 301 g/mol. The van der Waals surface area contributed by atoms with E-state index in [1.54, 1.807) is 0 Å². The highest BCUT2D eigenvalue weighted by Gasteiger charge is 2.12. The average Bonchev–Trinajstić information content (AvgIpc) is 2.56. The number of halogens is 1. The van der Waals surface area contributed by atoms with Gasteiger partial charge >= 0.3 is 0 Å². The summed E-state index contributed by atoms with van der Waals surface area (Å²) in [4.78, 5) is 4.34. The second-order valence-corrected chi connectivity index (χ2v) is 4.50. The predicted molar refractivity (Wildman–Crippen MR) is 67.7 cm³/mol. The lowest BCUT2D eigenvalue weighted by Crippen LogP contribution is -2.32. The molecule has 1 aliphatic rings. The molecular weight excluding hydrogens is 289 g/mol. The maximum Gasteiger partial charge on any atom is 0.196 e. The summed E-state index contributed by atoms with van der Waals surface area (Å²) in [5.41, 5.74) is 1.11. The Labute approximate surface area is 97.1 Å². The SMILES string of the molecule is CC1CN=C(Nc2ccccc2I)N1. The van der Waals surface area contributed by atoms with Gasteiger partial charge in [-0.05, 0) is 41.6 Å². The Morgan fingerprint density at radius 1 is 1.50 bits per heavy atom. The Balaban J connectivity index is 2.08. The van der Waals surface area contributed by atoms with Crippen molar-refractivity contribution < 1.29 is 0 Å². The summed E-state index contributed by atoms with van der Waals surface area (Å²) in [6.45, 7) is 2.97. The molecule has 0 saturated heterocycles. The zero-order chi connectivity index (χ0) is 9.97. The van der Waals surface area contributed by atoms with Crippen LogP contribution in [0.5, 0.6) is 0 Å². The summed E-state index contributed by atoms with van der Waals surface area (Å²) in [6, 6.07) is 8.61. The number of benzene rings is 1. The Hall–Kier alpha value is -0.780. The summed E-state index contributed by atoms with van der Waals surface area (Å²) >= 11 is 2.31. The van der Waals surface area contributed by atoms with Gasteiger partial charge in [0.15, 0.2) is 5.96 Å². The van der Waals surface area contributed by atoms with Crippen molar-refractivity contribution >= 4 is 34.2 Å². The first-order valence-electron chi connectivity index (χ1n) is 4.58. The van der Waals surface area contributed by atoms with Crippen molar-refractivity contribution in [3.8, 4) is 0 Å². The van der Waals surface area contributed by atoms with Crippen molar-refractivity contribution in [1.29, 1.82) is 0 Å². The molecule has 1 unspecified atom stereocenters. The van der Waals surface area contributed by atoms with Gasteiger partial charge in [0.1, 0.15) is 0 Å². The van der Waals surface area contributed by atoms with Gasteiger partial charge < -0.3 is 10.6 Å². The normalized spacial score (nSPS) is 20.1. The molecule has 1 heterocycles. The van der Waals surface area contributed by atoms with Crippen molar-refractivity contribution in [3.63, 3.8) is 0 Å². The molecule has 1 aliphatic heterocycles. The molecule has 0 saturated carbocycles. The van der Waals surface area contributed by atoms with Gasteiger partial charge in [-0.1, -0.05) is 12.1 Å². The maximum absolute atomic E-state index is 4.34. The number of hydrogen-bond acceptors (Lipinski definition) is 3. The van der Waals surface area contributed by atoms with E-state index in [1.165, 1.54) is 3.57 Å². The Bertz CT molecular complexity index is 362. The van der Waals surface area contributed by atoms with Gasteiger partial charge in [0.05, 0.1) is 12.2 Å². The van der Waals surface area contributed by atoms with E-state index in [1.807, 2.05) is 12.1 Å². The molecule has 0 spiro atoms. The Kier molecular flexibility index (Phi) is 2.90. The van der Waals surface area contributed by atoms with E-state index in [4.69, 9.17) is 0 Å². The molecule has 3 nitrogen and oxygen atoms in total. The number of aliphatic imine (C=N–C) groups is 1. The molecular formula is C10H12IN3. The minimum absolute atomic E-state index is 0.443. The molecule has 0 aliphatic carbocycles. The maximum atomic E-state index is 4.34. The second-order valence-electron chi connectivity index (χ2n) is 3.34. The highest BCUT2D eigenvalue weighted by atomic mass is 127. The summed E-state index contributed by atoms with van der Waals surface area (Å²) < 4.78 is 1.20. The summed E-state index contributed by atoms with van der Waals surface area (Å²) in [5, 5.41) is 6.54. The minimum atomic E-state index is 0.443.